The predicted molar refractivity (Wildman–Crippen MR) is 234 cm³/mol. The lowest BCUT2D eigenvalue weighted by molar-refractivity contribution is -0.144. The van der Waals surface area contributed by atoms with Gasteiger partial charge in [0.2, 0.25) is 0 Å². The van der Waals surface area contributed by atoms with Crippen LogP contribution in [0.15, 0.2) is 158 Å². The molecule has 0 aliphatic rings. The monoisotopic (exact) mass is 934 g/mol. The van der Waals surface area contributed by atoms with Crippen molar-refractivity contribution in [3.05, 3.63) is 186 Å². The highest BCUT2D eigenvalue weighted by Crippen LogP contribution is 2.44. The summed E-state index contributed by atoms with van der Waals surface area (Å²) in [7, 11) is 0. The topological polar surface area (TPSA) is 46.5 Å². The summed E-state index contributed by atoms with van der Waals surface area (Å²) in [6.45, 7) is 0. The molecule has 0 atom stereocenters. The van der Waals surface area contributed by atoms with Crippen molar-refractivity contribution in [1.29, 1.82) is 5.26 Å². The number of nitriles is 1. The molecule has 0 N–H and O–H groups in total. The van der Waals surface area contributed by atoms with Crippen LogP contribution >= 0.6 is 0 Å². The average Bonchev–Trinajstić information content (AvgIpc) is 3.82. The van der Waals surface area contributed by atoms with E-state index in [1.807, 2.05) is 4.57 Å². The van der Waals surface area contributed by atoms with Gasteiger partial charge >= 0.3 is 24.7 Å². The van der Waals surface area contributed by atoms with Crippen molar-refractivity contribution in [1.82, 2.24) is 14.1 Å². The van der Waals surface area contributed by atoms with Crippen molar-refractivity contribution >= 4 is 43.6 Å². The molecule has 338 valence electrons. The third-order valence-electron chi connectivity index (χ3n) is 11.8. The molecule has 0 saturated heterocycles. The largest absolute Gasteiger partial charge is 0.416 e. The van der Waals surface area contributed by atoms with Crippen LogP contribution in [0.5, 0.6) is 0 Å². The van der Waals surface area contributed by atoms with E-state index < -0.39 is 47.0 Å². The Bertz CT molecular complexity index is 3650. The molecule has 0 unspecified atom stereocenters. The summed E-state index contributed by atoms with van der Waals surface area (Å²) in [6.07, 6.45) is -18.7. The summed E-state index contributed by atoms with van der Waals surface area (Å²) in [6, 6.07) is 36.6. The van der Waals surface area contributed by atoms with Crippen LogP contribution in [0.25, 0.3) is 88.5 Å². The minimum absolute atomic E-state index is 0.0699. The second kappa shape index (κ2) is 15.5. The summed E-state index contributed by atoms with van der Waals surface area (Å²) in [5.41, 5.74) is -2.18. The smallest absolute Gasteiger partial charge is 0.307 e. The zero-order chi connectivity index (χ0) is 48.1. The molecule has 7 aromatic carbocycles. The van der Waals surface area contributed by atoms with Gasteiger partial charge in [-0.2, -0.15) is 57.9 Å². The SMILES string of the molecule is N#Cc1cccc(-c2cc(-n3c4ccccc4c4cc(-c5cc(C(F)(F)F)cc(C(F)(F)F)c5)ccc43)ncc2-n2c3ccccc3c3cc(-c4cc(C(F)(F)F)cc(C(F)(F)F)c4)ccc32)c1. The molecule has 10 aromatic rings. The number of hydrogen-bond donors (Lipinski definition) is 0. The van der Waals surface area contributed by atoms with Crippen LogP contribution in [0.1, 0.15) is 27.8 Å². The molecule has 0 aliphatic heterocycles. The Kier molecular flexibility index (Phi) is 9.99. The average molecular weight is 935 g/mol. The van der Waals surface area contributed by atoms with Gasteiger partial charge in [0.25, 0.3) is 0 Å². The van der Waals surface area contributed by atoms with Gasteiger partial charge in [0, 0.05) is 27.1 Å². The van der Waals surface area contributed by atoms with E-state index in [-0.39, 0.29) is 34.4 Å². The summed E-state index contributed by atoms with van der Waals surface area (Å²) in [5.74, 6) is 0.330. The summed E-state index contributed by atoms with van der Waals surface area (Å²) in [4.78, 5) is 4.92. The highest BCUT2D eigenvalue weighted by atomic mass is 19.4. The van der Waals surface area contributed by atoms with E-state index in [1.165, 1.54) is 24.3 Å². The first-order chi connectivity index (χ1) is 32.2. The van der Waals surface area contributed by atoms with Crippen molar-refractivity contribution in [3.63, 3.8) is 0 Å². The second-order valence-electron chi connectivity index (χ2n) is 16.0. The lowest BCUT2D eigenvalue weighted by Crippen LogP contribution is -2.11. The lowest BCUT2D eigenvalue weighted by Gasteiger charge is -2.17. The Morgan fingerprint density at radius 1 is 0.382 bits per heavy atom. The molecule has 0 saturated carbocycles. The normalized spacial score (nSPS) is 12.7. The maximum absolute atomic E-state index is 13.9. The molecule has 0 spiro atoms. The van der Waals surface area contributed by atoms with Crippen molar-refractivity contribution in [2.24, 2.45) is 0 Å². The zero-order valence-corrected chi connectivity index (χ0v) is 34.3. The number of aromatic nitrogens is 3. The maximum Gasteiger partial charge on any atom is 0.416 e. The molecule has 16 heteroatoms. The Morgan fingerprint density at radius 2 is 0.824 bits per heavy atom. The fraction of sp³-hybridized carbons (Fsp3) is 0.0769. The molecule has 0 radical (unpaired) electrons. The molecule has 3 heterocycles. The molecular formula is C52H26F12N4. The van der Waals surface area contributed by atoms with Crippen LogP contribution in [0.2, 0.25) is 0 Å². The number of hydrogen-bond acceptors (Lipinski definition) is 2. The lowest BCUT2D eigenvalue weighted by atomic mass is 9.97. The van der Waals surface area contributed by atoms with E-state index in [2.05, 4.69) is 6.07 Å². The third kappa shape index (κ3) is 7.63. The molecule has 0 amide bonds. The first-order valence-electron chi connectivity index (χ1n) is 20.3. The van der Waals surface area contributed by atoms with E-state index in [0.717, 1.165) is 0 Å². The number of pyridine rings is 1. The second-order valence-corrected chi connectivity index (χ2v) is 16.0. The van der Waals surface area contributed by atoms with Crippen molar-refractivity contribution in [3.8, 4) is 51.0 Å². The highest BCUT2D eigenvalue weighted by Gasteiger charge is 2.38. The number of halogens is 12. The van der Waals surface area contributed by atoms with Crippen LogP contribution in [-0.4, -0.2) is 14.1 Å². The van der Waals surface area contributed by atoms with Gasteiger partial charge in [-0.25, -0.2) is 4.98 Å². The van der Waals surface area contributed by atoms with Crippen LogP contribution in [-0.2, 0) is 24.7 Å². The van der Waals surface area contributed by atoms with Gasteiger partial charge in [0.1, 0.15) is 5.82 Å². The standard InChI is InChI=1S/C52H26F12N4/c53-49(54,55)34-17-32(18-35(23-34)50(56,57)58)29-12-14-45-41(21-29)38-8-1-3-10-43(38)67(45)47-27-66-48(25-40(47)31-7-5-6-28(16-31)26-65)68-44-11-4-2-9-39(44)42-22-30(13-15-46(42)68)33-19-36(51(59,60)61)24-37(20-33)52(62,63)64/h1-25,27H. The van der Waals surface area contributed by atoms with E-state index in [4.69, 9.17) is 4.98 Å². The number of rotatable bonds is 5. The highest BCUT2D eigenvalue weighted by molar-refractivity contribution is 6.12. The number of alkyl halides is 12. The van der Waals surface area contributed by atoms with Crippen LogP contribution in [0.4, 0.5) is 52.7 Å². The number of nitrogens with zero attached hydrogens (tertiary/aromatic N) is 4. The van der Waals surface area contributed by atoms with Gasteiger partial charge in [-0.3, -0.25) is 4.57 Å². The van der Waals surface area contributed by atoms with E-state index in [9.17, 15) is 57.9 Å². The number of benzene rings is 7. The quantitative estimate of drug-likeness (QED) is 0.161. The van der Waals surface area contributed by atoms with Gasteiger partial charge < -0.3 is 4.57 Å². The zero-order valence-electron chi connectivity index (χ0n) is 34.3. The number of fused-ring (bicyclic) bond motifs is 6. The fourth-order valence-corrected chi connectivity index (χ4v) is 8.78. The Labute approximate surface area is 376 Å². The molecular weight excluding hydrogens is 909 g/mol. The summed E-state index contributed by atoms with van der Waals surface area (Å²) < 4.78 is 170. The summed E-state index contributed by atoms with van der Waals surface area (Å²) >= 11 is 0. The molecule has 4 nitrogen and oxygen atoms in total. The minimum atomic E-state index is -5.06. The van der Waals surface area contributed by atoms with Gasteiger partial charge in [0.15, 0.2) is 0 Å². The fourth-order valence-electron chi connectivity index (χ4n) is 8.78. The first-order valence-corrected chi connectivity index (χ1v) is 20.3. The van der Waals surface area contributed by atoms with E-state index >= 15 is 0 Å². The van der Waals surface area contributed by atoms with E-state index in [0.29, 0.717) is 96.1 Å². The van der Waals surface area contributed by atoms with Crippen LogP contribution in [0.3, 0.4) is 0 Å². The van der Waals surface area contributed by atoms with Crippen molar-refractivity contribution in [2.75, 3.05) is 0 Å². The third-order valence-corrected chi connectivity index (χ3v) is 11.8. The Balaban J connectivity index is 1.19. The number of para-hydroxylation sites is 2. The Hall–Kier alpha value is -8.06. The van der Waals surface area contributed by atoms with Gasteiger partial charge in [-0.05, 0) is 119 Å². The van der Waals surface area contributed by atoms with Gasteiger partial charge in [0.05, 0.1) is 67.8 Å². The molecule has 10 rings (SSSR count). The van der Waals surface area contributed by atoms with Crippen molar-refractivity contribution in [2.45, 2.75) is 24.7 Å². The molecule has 68 heavy (non-hydrogen) atoms. The molecule has 0 aliphatic carbocycles. The van der Waals surface area contributed by atoms with Crippen LogP contribution in [0, 0.1) is 11.3 Å². The first kappa shape index (κ1) is 43.8. The summed E-state index contributed by atoms with van der Waals surface area (Å²) in [5, 5.41) is 12.1. The van der Waals surface area contributed by atoms with Gasteiger partial charge in [-0.15, -0.1) is 0 Å². The predicted octanol–water partition coefficient (Wildman–Crippen LogP) is 16.2. The Morgan fingerprint density at radius 3 is 1.29 bits per heavy atom. The van der Waals surface area contributed by atoms with Crippen molar-refractivity contribution < 1.29 is 52.7 Å². The van der Waals surface area contributed by atoms with Crippen LogP contribution < -0.4 is 0 Å². The van der Waals surface area contributed by atoms with E-state index in [1.54, 1.807) is 102 Å². The molecule has 0 fully saturated rings. The van der Waals surface area contributed by atoms with Gasteiger partial charge in [-0.1, -0.05) is 60.7 Å². The minimum Gasteiger partial charge on any atom is -0.307 e. The molecule has 3 aromatic heterocycles. The maximum atomic E-state index is 13.9. The molecule has 0 bridgehead atoms.